The van der Waals surface area contributed by atoms with E-state index in [1.165, 1.54) is 6.42 Å². The second-order valence-electron chi connectivity index (χ2n) is 8.26. The molecule has 1 aromatic heterocycles. The van der Waals surface area contributed by atoms with E-state index in [0.29, 0.717) is 23.8 Å². The number of hydrogen-bond donors (Lipinski definition) is 1. The lowest BCUT2D eigenvalue weighted by molar-refractivity contribution is 0.0659. The molecule has 4 nitrogen and oxygen atoms in total. The molecular weight excluding hydrogens is 288 g/mol. The van der Waals surface area contributed by atoms with Crippen molar-refractivity contribution >= 4 is 5.91 Å². The number of carbonyl (C=O) groups is 1. The van der Waals surface area contributed by atoms with Crippen molar-refractivity contribution in [3.05, 3.63) is 24.2 Å². The Balaban J connectivity index is 1.87. The lowest BCUT2D eigenvalue weighted by Crippen LogP contribution is -2.51. The van der Waals surface area contributed by atoms with Gasteiger partial charge in [0.2, 0.25) is 0 Å². The minimum Gasteiger partial charge on any atom is -0.459 e. The average Bonchev–Trinajstić information content (AvgIpc) is 2.99. The van der Waals surface area contributed by atoms with Gasteiger partial charge in [0, 0.05) is 25.2 Å². The predicted molar refractivity (Wildman–Crippen MR) is 93.5 cm³/mol. The summed E-state index contributed by atoms with van der Waals surface area (Å²) in [7, 11) is 0. The molecule has 23 heavy (non-hydrogen) atoms. The van der Waals surface area contributed by atoms with Gasteiger partial charge < -0.3 is 14.6 Å². The van der Waals surface area contributed by atoms with E-state index in [4.69, 9.17) is 4.42 Å². The molecule has 1 N–H and O–H groups in total. The van der Waals surface area contributed by atoms with Gasteiger partial charge in [0.05, 0.1) is 6.26 Å². The zero-order chi connectivity index (χ0) is 17.0. The first-order valence-electron chi connectivity index (χ1n) is 8.86. The topological polar surface area (TPSA) is 45.5 Å². The van der Waals surface area contributed by atoms with E-state index in [-0.39, 0.29) is 11.3 Å². The lowest BCUT2D eigenvalue weighted by atomic mass is 9.81. The molecular formula is C19H32N2O2. The highest BCUT2D eigenvalue weighted by Gasteiger charge is 2.30. The fourth-order valence-electron chi connectivity index (χ4n) is 3.23. The Labute approximate surface area is 140 Å². The lowest BCUT2D eigenvalue weighted by Gasteiger charge is -2.39. The third-order valence-corrected chi connectivity index (χ3v) is 4.70. The van der Waals surface area contributed by atoms with Crippen molar-refractivity contribution in [2.24, 2.45) is 11.3 Å². The van der Waals surface area contributed by atoms with Crippen LogP contribution in [0.25, 0.3) is 0 Å². The number of nitrogens with zero attached hydrogens (tertiary/aromatic N) is 1. The molecule has 1 fully saturated rings. The normalized spacial score (nSPS) is 18.4. The van der Waals surface area contributed by atoms with Gasteiger partial charge in [-0.3, -0.25) is 4.79 Å². The van der Waals surface area contributed by atoms with Crippen LogP contribution < -0.4 is 5.32 Å². The molecule has 1 aromatic rings. The molecule has 1 aliphatic heterocycles. The highest BCUT2D eigenvalue weighted by Crippen LogP contribution is 2.26. The molecule has 130 valence electrons. The molecule has 0 aliphatic carbocycles. The molecule has 0 saturated carbocycles. The molecule has 0 spiro atoms. The van der Waals surface area contributed by atoms with Crippen LogP contribution >= 0.6 is 0 Å². The molecule has 2 heterocycles. The standard InChI is InChI=1S/C19H32N2O2/c1-14(2)13-17(19(3,4)5)20-15-8-10-21(11-9-15)18(22)16-7-6-12-23-16/h6-7,12,14-15,17,20H,8-11,13H2,1-5H3/t17-/m0/s1. The van der Waals surface area contributed by atoms with Gasteiger partial charge in [-0.2, -0.15) is 0 Å². The van der Waals surface area contributed by atoms with Gasteiger partial charge in [-0.1, -0.05) is 34.6 Å². The number of likely N-dealkylation sites (tertiary alicyclic amines) is 1. The van der Waals surface area contributed by atoms with Crippen molar-refractivity contribution < 1.29 is 9.21 Å². The summed E-state index contributed by atoms with van der Waals surface area (Å²) in [6.45, 7) is 13.1. The molecule has 1 atom stereocenters. The van der Waals surface area contributed by atoms with Crippen LogP contribution in [0.1, 0.15) is 64.4 Å². The maximum atomic E-state index is 12.3. The van der Waals surface area contributed by atoms with Crippen molar-refractivity contribution in [2.45, 2.75) is 66.0 Å². The van der Waals surface area contributed by atoms with Crippen LogP contribution in [-0.2, 0) is 0 Å². The summed E-state index contributed by atoms with van der Waals surface area (Å²) in [5, 5.41) is 3.86. The fraction of sp³-hybridized carbons (Fsp3) is 0.737. The molecule has 0 bridgehead atoms. The second-order valence-corrected chi connectivity index (χ2v) is 8.26. The van der Waals surface area contributed by atoms with Gasteiger partial charge in [0.1, 0.15) is 0 Å². The Morgan fingerprint density at radius 3 is 2.48 bits per heavy atom. The second kappa shape index (κ2) is 7.52. The first-order valence-corrected chi connectivity index (χ1v) is 8.86. The maximum Gasteiger partial charge on any atom is 0.289 e. The quantitative estimate of drug-likeness (QED) is 0.894. The number of amides is 1. The summed E-state index contributed by atoms with van der Waals surface area (Å²) in [5.41, 5.74) is 0.255. The molecule has 0 aromatic carbocycles. The van der Waals surface area contributed by atoms with Crippen LogP contribution in [-0.4, -0.2) is 36.0 Å². The number of furan rings is 1. The fourth-order valence-corrected chi connectivity index (χ4v) is 3.23. The maximum absolute atomic E-state index is 12.3. The number of hydrogen-bond acceptors (Lipinski definition) is 3. The molecule has 1 amide bonds. The smallest absolute Gasteiger partial charge is 0.289 e. The minimum absolute atomic E-state index is 0.0167. The Kier molecular flexibility index (Phi) is 5.90. The minimum atomic E-state index is 0.0167. The van der Waals surface area contributed by atoms with Crippen molar-refractivity contribution in [2.75, 3.05) is 13.1 Å². The van der Waals surface area contributed by atoms with Crippen LogP contribution in [0.2, 0.25) is 0 Å². The summed E-state index contributed by atoms with van der Waals surface area (Å²) in [5.74, 6) is 1.15. The van der Waals surface area contributed by atoms with Gasteiger partial charge in [-0.05, 0) is 42.7 Å². The number of rotatable bonds is 5. The third kappa shape index (κ3) is 5.10. The van der Waals surface area contributed by atoms with Crippen molar-refractivity contribution in [3.8, 4) is 0 Å². The third-order valence-electron chi connectivity index (χ3n) is 4.70. The molecule has 1 aliphatic rings. The molecule has 1 saturated heterocycles. The van der Waals surface area contributed by atoms with Gasteiger partial charge in [0.25, 0.3) is 5.91 Å². The largest absolute Gasteiger partial charge is 0.459 e. The van der Waals surface area contributed by atoms with E-state index in [1.54, 1.807) is 18.4 Å². The summed E-state index contributed by atoms with van der Waals surface area (Å²) in [6.07, 6.45) is 4.77. The number of piperidine rings is 1. The van der Waals surface area contributed by atoms with Crippen LogP contribution in [0.3, 0.4) is 0 Å². The Hall–Kier alpha value is -1.29. The summed E-state index contributed by atoms with van der Waals surface area (Å²) < 4.78 is 5.22. The zero-order valence-corrected chi connectivity index (χ0v) is 15.3. The summed E-state index contributed by atoms with van der Waals surface area (Å²) >= 11 is 0. The van der Waals surface area contributed by atoms with Crippen molar-refractivity contribution in [3.63, 3.8) is 0 Å². The SMILES string of the molecule is CC(C)C[C@H](NC1CCN(C(=O)c2ccco2)CC1)C(C)(C)C. The van der Waals surface area contributed by atoms with Gasteiger partial charge in [0.15, 0.2) is 5.76 Å². The van der Waals surface area contributed by atoms with Crippen molar-refractivity contribution in [1.29, 1.82) is 0 Å². The van der Waals surface area contributed by atoms with E-state index >= 15 is 0 Å². The monoisotopic (exact) mass is 320 g/mol. The van der Waals surface area contributed by atoms with E-state index in [9.17, 15) is 4.79 Å². The van der Waals surface area contributed by atoms with Crippen LogP contribution in [0.5, 0.6) is 0 Å². The van der Waals surface area contributed by atoms with E-state index in [2.05, 4.69) is 39.9 Å². The van der Waals surface area contributed by atoms with E-state index in [1.807, 2.05) is 4.90 Å². The predicted octanol–water partition coefficient (Wildman–Crippen LogP) is 3.93. The molecule has 2 rings (SSSR count). The van der Waals surface area contributed by atoms with Crippen LogP contribution in [0.15, 0.2) is 22.8 Å². The van der Waals surface area contributed by atoms with Crippen LogP contribution in [0.4, 0.5) is 0 Å². The van der Waals surface area contributed by atoms with Gasteiger partial charge >= 0.3 is 0 Å². The average molecular weight is 320 g/mol. The van der Waals surface area contributed by atoms with E-state index in [0.717, 1.165) is 25.9 Å². The first kappa shape index (κ1) is 18.1. The molecule has 0 radical (unpaired) electrons. The summed E-state index contributed by atoms with van der Waals surface area (Å²) in [4.78, 5) is 14.2. The highest BCUT2D eigenvalue weighted by atomic mass is 16.3. The Morgan fingerprint density at radius 2 is 2.00 bits per heavy atom. The summed E-state index contributed by atoms with van der Waals surface area (Å²) in [6, 6.07) is 4.52. The molecule has 0 unspecified atom stereocenters. The van der Waals surface area contributed by atoms with Gasteiger partial charge in [-0.15, -0.1) is 0 Å². The molecule has 4 heteroatoms. The number of nitrogens with one attached hydrogen (secondary N) is 1. The highest BCUT2D eigenvalue weighted by molar-refractivity contribution is 5.91. The van der Waals surface area contributed by atoms with Crippen LogP contribution in [0, 0.1) is 11.3 Å². The van der Waals surface area contributed by atoms with Gasteiger partial charge in [-0.25, -0.2) is 0 Å². The Morgan fingerprint density at radius 1 is 1.35 bits per heavy atom. The van der Waals surface area contributed by atoms with Crippen molar-refractivity contribution in [1.82, 2.24) is 10.2 Å². The zero-order valence-electron chi connectivity index (χ0n) is 15.3. The Bertz CT molecular complexity index is 480. The number of carbonyl (C=O) groups excluding carboxylic acids is 1. The first-order chi connectivity index (χ1) is 10.8. The van der Waals surface area contributed by atoms with E-state index < -0.39 is 0 Å².